The summed E-state index contributed by atoms with van der Waals surface area (Å²) in [5, 5.41) is 13.6. The highest BCUT2D eigenvalue weighted by atomic mass is 32.2. The van der Waals surface area contributed by atoms with Crippen LogP contribution in [-0.2, 0) is 0 Å². The fraction of sp³-hybridized carbons (Fsp3) is 0.929. The van der Waals surface area contributed by atoms with E-state index in [4.69, 9.17) is 0 Å². The van der Waals surface area contributed by atoms with Gasteiger partial charge in [-0.05, 0) is 50.3 Å². The summed E-state index contributed by atoms with van der Waals surface area (Å²) >= 11 is 2.07. The number of hydrogen-bond acceptors (Lipinski definition) is 3. The average Bonchev–Trinajstić information content (AvgIpc) is 2.34. The predicted molar refractivity (Wildman–Crippen MR) is 76.2 cm³/mol. The summed E-state index contributed by atoms with van der Waals surface area (Å²) in [6.45, 7) is 7.66. The van der Waals surface area contributed by atoms with Crippen molar-refractivity contribution in [3.8, 4) is 6.07 Å². The first kappa shape index (κ1) is 14.9. The van der Waals surface area contributed by atoms with Crippen LogP contribution in [0.1, 0.15) is 52.9 Å². The number of nitrogens with zero attached hydrogens (tertiary/aromatic N) is 1. The summed E-state index contributed by atoms with van der Waals surface area (Å²) in [4.78, 5) is 0. The topological polar surface area (TPSA) is 35.8 Å². The van der Waals surface area contributed by atoms with E-state index in [2.05, 4.69) is 43.9 Å². The fourth-order valence-electron chi connectivity index (χ4n) is 2.36. The summed E-state index contributed by atoms with van der Waals surface area (Å²) in [5.41, 5.74) is -0.233. The van der Waals surface area contributed by atoms with E-state index in [0.29, 0.717) is 5.25 Å². The summed E-state index contributed by atoms with van der Waals surface area (Å²) < 4.78 is 0. The zero-order valence-electron chi connectivity index (χ0n) is 11.5. The molecule has 1 N–H and O–H groups in total. The van der Waals surface area contributed by atoms with Crippen LogP contribution in [-0.4, -0.2) is 23.1 Å². The van der Waals surface area contributed by atoms with Crippen LogP contribution in [0.25, 0.3) is 0 Å². The zero-order chi connectivity index (χ0) is 12.7. The average molecular weight is 254 g/mol. The van der Waals surface area contributed by atoms with Crippen LogP contribution in [0.2, 0.25) is 0 Å². The van der Waals surface area contributed by atoms with Crippen LogP contribution in [0.4, 0.5) is 0 Å². The van der Waals surface area contributed by atoms with Crippen molar-refractivity contribution < 1.29 is 0 Å². The maximum absolute atomic E-state index is 9.44. The maximum atomic E-state index is 9.44. The molecule has 0 aromatic rings. The van der Waals surface area contributed by atoms with Crippen molar-refractivity contribution in [2.45, 2.75) is 63.7 Å². The summed E-state index contributed by atoms with van der Waals surface area (Å²) in [5.74, 6) is 1.97. The molecule has 1 aliphatic rings. The van der Waals surface area contributed by atoms with Crippen LogP contribution in [0.3, 0.4) is 0 Å². The Balaban J connectivity index is 2.48. The molecule has 0 aliphatic heterocycles. The third-order valence-corrected chi connectivity index (χ3v) is 5.03. The van der Waals surface area contributed by atoms with Gasteiger partial charge in [0.2, 0.25) is 0 Å². The lowest BCUT2D eigenvalue weighted by atomic mass is 9.82. The Kier molecular flexibility index (Phi) is 6.37. The molecule has 0 aromatic carbocycles. The largest absolute Gasteiger partial charge is 0.299 e. The summed E-state index contributed by atoms with van der Waals surface area (Å²) in [6, 6.07) is 2.55. The minimum absolute atomic E-state index is 0.233. The van der Waals surface area contributed by atoms with E-state index in [1.54, 1.807) is 0 Å². The second-order valence-corrected chi connectivity index (χ2v) is 6.90. The van der Waals surface area contributed by atoms with Crippen LogP contribution in [0.15, 0.2) is 0 Å². The molecule has 0 aromatic heterocycles. The third-order valence-electron chi connectivity index (χ3n) is 3.30. The Morgan fingerprint density at radius 2 is 2.29 bits per heavy atom. The molecular formula is C14H26N2S. The number of nitriles is 1. The molecule has 0 radical (unpaired) electrons. The molecule has 0 spiro atoms. The zero-order valence-corrected chi connectivity index (χ0v) is 12.3. The predicted octanol–water partition coefficient (Wildman–Crippen LogP) is 3.58. The Morgan fingerprint density at radius 3 is 2.88 bits per heavy atom. The first-order chi connectivity index (χ1) is 8.12. The first-order valence-corrected chi connectivity index (χ1v) is 7.94. The number of thioether (sulfide) groups is 1. The van der Waals surface area contributed by atoms with Crippen LogP contribution in [0, 0.1) is 17.2 Å². The molecule has 98 valence electrons. The van der Waals surface area contributed by atoms with E-state index in [-0.39, 0.29) is 5.54 Å². The van der Waals surface area contributed by atoms with Gasteiger partial charge >= 0.3 is 0 Å². The van der Waals surface area contributed by atoms with Gasteiger partial charge in [-0.15, -0.1) is 0 Å². The highest BCUT2D eigenvalue weighted by Gasteiger charge is 2.36. The minimum atomic E-state index is -0.233. The minimum Gasteiger partial charge on any atom is -0.299 e. The van der Waals surface area contributed by atoms with E-state index >= 15 is 0 Å². The Labute approximate surface area is 111 Å². The monoisotopic (exact) mass is 254 g/mol. The number of rotatable bonds is 6. The van der Waals surface area contributed by atoms with E-state index in [0.717, 1.165) is 31.7 Å². The third kappa shape index (κ3) is 4.89. The Morgan fingerprint density at radius 1 is 1.53 bits per heavy atom. The van der Waals surface area contributed by atoms with Crippen molar-refractivity contribution in [2.75, 3.05) is 12.3 Å². The highest BCUT2D eigenvalue weighted by molar-refractivity contribution is 7.99. The molecular weight excluding hydrogens is 228 g/mol. The van der Waals surface area contributed by atoms with Gasteiger partial charge in [-0.3, -0.25) is 5.32 Å². The van der Waals surface area contributed by atoms with Crippen molar-refractivity contribution in [1.29, 1.82) is 5.26 Å². The summed E-state index contributed by atoms with van der Waals surface area (Å²) in [7, 11) is 0. The Hall–Kier alpha value is -0.200. The van der Waals surface area contributed by atoms with Crippen LogP contribution >= 0.6 is 11.8 Å². The lowest BCUT2D eigenvalue weighted by molar-refractivity contribution is 0.304. The molecule has 0 heterocycles. The second kappa shape index (κ2) is 7.28. The maximum Gasteiger partial charge on any atom is 0.107 e. The normalized spacial score (nSPS) is 29.2. The van der Waals surface area contributed by atoms with Crippen molar-refractivity contribution in [3.63, 3.8) is 0 Å². The second-order valence-electron chi connectivity index (χ2n) is 5.57. The molecule has 3 heteroatoms. The molecule has 0 bridgehead atoms. The van der Waals surface area contributed by atoms with E-state index in [1.807, 2.05) is 0 Å². The molecule has 1 fully saturated rings. The van der Waals surface area contributed by atoms with E-state index in [1.165, 1.54) is 18.6 Å². The van der Waals surface area contributed by atoms with E-state index in [9.17, 15) is 5.26 Å². The van der Waals surface area contributed by atoms with Crippen LogP contribution < -0.4 is 5.32 Å². The van der Waals surface area contributed by atoms with E-state index < -0.39 is 0 Å². The summed E-state index contributed by atoms with van der Waals surface area (Å²) in [6.07, 6.45) is 5.64. The molecule has 17 heavy (non-hydrogen) atoms. The SMILES string of the molecule is CCCNC1(C#N)CCCC(SCC(C)C)C1. The van der Waals surface area contributed by atoms with Gasteiger partial charge in [-0.25, -0.2) is 0 Å². The van der Waals surface area contributed by atoms with Crippen molar-refractivity contribution in [2.24, 2.45) is 5.92 Å². The van der Waals surface area contributed by atoms with Gasteiger partial charge in [-0.1, -0.05) is 20.8 Å². The van der Waals surface area contributed by atoms with Gasteiger partial charge in [0, 0.05) is 5.25 Å². The van der Waals surface area contributed by atoms with Gasteiger partial charge in [0.05, 0.1) is 6.07 Å². The van der Waals surface area contributed by atoms with Gasteiger partial charge in [-0.2, -0.15) is 17.0 Å². The molecule has 1 rings (SSSR count). The molecule has 1 saturated carbocycles. The van der Waals surface area contributed by atoms with Crippen LogP contribution in [0.5, 0.6) is 0 Å². The molecule has 2 atom stereocenters. The number of nitrogens with one attached hydrogen (secondary N) is 1. The van der Waals surface area contributed by atoms with Crippen molar-refractivity contribution >= 4 is 11.8 Å². The molecule has 2 unspecified atom stereocenters. The van der Waals surface area contributed by atoms with Crippen molar-refractivity contribution in [3.05, 3.63) is 0 Å². The lowest BCUT2D eigenvalue weighted by Gasteiger charge is -2.36. The lowest BCUT2D eigenvalue weighted by Crippen LogP contribution is -2.48. The number of hydrogen-bond donors (Lipinski definition) is 1. The van der Waals surface area contributed by atoms with Gasteiger partial charge < -0.3 is 0 Å². The van der Waals surface area contributed by atoms with Gasteiger partial charge in [0.1, 0.15) is 5.54 Å². The first-order valence-electron chi connectivity index (χ1n) is 6.90. The Bertz CT molecular complexity index is 259. The molecule has 0 saturated heterocycles. The molecule has 2 nitrogen and oxygen atoms in total. The van der Waals surface area contributed by atoms with Crippen molar-refractivity contribution in [1.82, 2.24) is 5.32 Å². The standard InChI is InChI=1S/C14H26N2S/c1-4-8-16-14(11-15)7-5-6-13(9-14)17-10-12(2)3/h12-13,16H,4-10H2,1-3H3. The fourth-order valence-corrected chi connectivity index (χ4v) is 3.75. The smallest absolute Gasteiger partial charge is 0.107 e. The quantitative estimate of drug-likeness (QED) is 0.787. The van der Waals surface area contributed by atoms with Gasteiger partial charge in [0.15, 0.2) is 0 Å². The highest BCUT2D eigenvalue weighted by Crippen LogP contribution is 2.35. The van der Waals surface area contributed by atoms with Gasteiger partial charge in [0.25, 0.3) is 0 Å². The molecule has 0 amide bonds. The molecule has 1 aliphatic carbocycles.